The summed E-state index contributed by atoms with van der Waals surface area (Å²) in [6, 6.07) is 146. The van der Waals surface area contributed by atoms with Crippen LogP contribution >= 0.6 is 0 Å². The van der Waals surface area contributed by atoms with Crippen LogP contribution < -0.4 is 0 Å². The zero-order chi connectivity index (χ0) is 75.7. The number of benzene rings is 18. The van der Waals surface area contributed by atoms with E-state index in [0.29, 0.717) is 0 Å². The van der Waals surface area contributed by atoms with Gasteiger partial charge in [-0.15, -0.1) is 0 Å². The lowest BCUT2D eigenvalue weighted by molar-refractivity contribution is 0.660. The number of hydrogen-bond acceptors (Lipinski definition) is 0. The molecule has 3 unspecified atom stereocenters. The van der Waals surface area contributed by atoms with Crippen LogP contribution in [0, 0.1) is 0 Å². The van der Waals surface area contributed by atoms with E-state index in [4.69, 9.17) is 0 Å². The van der Waals surface area contributed by atoms with E-state index in [1.165, 1.54) is 222 Å². The van der Waals surface area contributed by atoms with Crippen LogP contribution in [-0.2, 0) is 10.8 Å². The second kappa shape index (κ2) is 25.4. The molecule has 5 aliphatic carbocycles. The monoisotopic (exact) mass is 1450 g/mol. The molecule has 19 aromatic rings. The smallest absolute Gasteiger partial charge is 0.0544 e. The average Bonchev–Trinajstić information content (AvgIpc) is 1.54. The summed E-state index contributed by atoms with van der Waals surface area (Å²) in [5, 5.41) is 7.77. The molecule has 0 N–H and O–H groups in total. The average molecular weight is 1450 g/mol. The quantitative estimate of drug-likeness (QED) is 0.143. The first kappa shape index (κ1) is 66.1. The number of hydrogen-bond donors (Lipinski definition) is 0. The first-order valence-corrected chi connectivity index (χ1v) is 40.5. The molecule has 0 spiro atoms. The maximum Gasteiger partial charge on any atom is 0.0544 e. The highest BCUT2D eigenvalue weighted by Gasteiger charge is 2.43. The molecular weight excluding hydrogens is 1370 g/mol. The normalized spacial score (nSPS) is 15.6. The fourth-order valence-electron chi connectivity index (χ4n) is 21.3. The zero-order valence-corrected chi connectivity index (χ0v) is 64.1. The van der Waals surface area contributed by atoms with Crippen LogP contribution in [0.4, 0.5) is 0 Å². The number of fused-ring (bicyclic) bond motifs is 22. The molecule has 24 rings (SSSR count). The molecule has 114 heavy (non-hydrogen) atoms. The van der Waals surface area contributed by atoms with Crippen molar-refractivity contribution in [3.63, 3.8) is 0 Å². The molecular formula is C113H79N. The Balaban J connectivity index is 0.000000135. The predicted octanol–water partition coefficient (Wildman–Crippen LogP) is 29.5. The molecule has 536 valence electrons. The molecule has 0 aliphatic heterocycles. The van der Waals surface area contributed by atoms with Crippen LogP contribution in [0.2, 0.25) is 0 Å². The SMILES string of the molecule is CC1(C)c2ccccc2-c2c1ccc1c2-c2cc(-c3ccc4c(c3)-c3ccccc3C4c3cccc(-c4ccccc4)c3)ccc2C1c1cccc2ccccc12.CC1(C)c2ccccc2-c2ccc3c(c21)c1cc(-c2ccc4c(c2)-c2ccccc2C4c2cccc(-c4ccccc4)c2)ccc1n3-c1cccc2ccccc12. The van der Waals surface area contributed by atoms with Crippen LogP contribution in [-0.4, -0.2) is 4.57 Å². The predicted molar refractivity (Wildman–Crippen MR) is 478 cm³/mol. The number of rotatable bonds is 8. The summed E-state index contributed by atoms with van der Waals surface area (Å²) in [5.41, 5.74) is 45.1. The van der Waals surface area contributed by atoms with E-state index in [9.17, 15) is 0 Å². The Morgan fingerprint density at radius 1 is 0.219 bits per heavy atom. The van der Waals surface area contributed by atoms with Crippen molar-refractivity contribution in [3.8, 4) is 106 Å². The molecule has 0 fully saturated rings. The summed E-state index contributed by atoms with van der Waals surface area (Å²) in [7, 11) is 0. The Kier molecular flexibility index (Phi) is 14.7. The fraction of sp³-hybridized carbons (Fsp3) is 0.0796. The number of aromatic nitrogens is 1. The first-order valence-electron chi connectivity index (χ1n) is 40.5. The lowest BCUT2D eigenvalue weighted by atomic mass is 9.80. The Morgan fingerprint density at radius 3 is 1.28 bits per heavy atom. The Bertz CT molecular complexity index is 7220. The van der Waals surface area contributed by atoms with Crippen molar-refractivity contribution < 1.29 is 0 Å². The van der Waals surface area contributed by atoms with Crippen LogP contribution in [0.25, 0.3) is 149 Å². The standard InChI is InChI=1S/C57H40.C56H39N/c1-57(2)51-25-11-10-23-47(51)56-52(57)31-30-48-54(43-24-13-17-36-16-6-7-20-41(36)43)46-29-27-39(34-50(46)55(48)56)38-26-28-45-49(33-38)42-21-8-9-22-44(42)53(45)40-19-12-18-37(32-40)35-14-4-3-5-15-35;1-56(2)49-24-11-10-22-43(49)46-29-31-52-54(55(46)56)48-34-39(27-30-51(48)57(52)50-25-13-17-36-16-6-7-20-41(36)50)38-26-28-45-47(33-38)42-21-8-9-23-44(42)53(45)40-19-12-18-37(32-40)35-14-4-3-5-15-35/h3-34,53-54H,1-2H3;3-34,53H,1-2H3. The molecule has 1 aromatic heterocycles. The maximum absolute atomic E-state index is 2.52. The Morgan fingerprint density at radius 2 is 0.649 bits per heavy atom. The van der Waals surface area contributed by atoms with E-state index in [-0.39, 0.29) is 28.6 Å². The van der Waals surface area contributed by atoms with Gasteiger partial charge in [-0.2, -0.15) is 0 Å². The Hall–Kier alpha value is -13.7. The molecule has 1 heterocycles. The summed E-state index contributed by atoms with van der Waals surface area (Å²) >= 11 is 0. The van der Waals surface area contributed by atoms with Gasteiger partial charge in [0.1, 0.15) is 0 Å². The highest BCUT2D eigenvalue weighted by atomic mass is 15.0. The van der Waals surface area contributed by atoms with Gasteiger partial charge in [-0.3, -0.25) is 0 Å². The third-order valence-corrected chi connectivity index (χ3v) is 26.5. The van der Waals surface area contributed by atoms with Crippen molar-refractivity contribution in [1.82, 2.24) is 4.57 Å². The van der Waals surface area contributed by atoms with Crippen molar-refractivity contribution in [1.29, 1.82) is 0 Å². The molecule has 0 radical (unpaired) electrons. The molecule has 0 saturated heterocycles. The highest BCUT2D eigenvalue weighted by molar-refractivity contribution is 6.16. The fourth-order valence-corrected chi connectivity index (χ4v) is 21.3. The van der Waals surface area contributed by atoms with Gasteiger partial charge in [0, 0.05) is 44.7 Å². The van der Waals surface area contributed by atoms with Crippen LogP contribution in [0.5, 0.6) is 0 Å². The van der Waals surface area contributed by atoms with E-state index >= 15 is 0 Å². The van der Waals surface area contributed by atoms with E-state index in [1.807, 2.05) is 0 Å². The third-order valence-electron chi connectivity index (χ3n) is 26.5. The van der Waals surface area contributed by atoms with Crippen molar-refractivity contribution in [2.75, 3.05) is 0 Å². The van der Waals surface area contributed by atoms with Gasteiger partial charge < -0.3 is 4.57 Å². The third kappa shape index (κ3) is 9.91. The molecule has 1 heteroatoms. The van der Waals surface area contributed by atoms with E-state index in [0.717, 1.165) is 0 Å². The van der Waals surface area contributed by atoms with Gasteiger partial charge in [-0.05, 0) is 231 Å². The summed E-state index contributed by atoms with van der Waals surface area (Å²) in [6.45, 7) is 9.61. The second-order valence-electron chi connectivity index (χ2n) is 33.2. The molecule has 1 nitrogen and oxygen atoms in total. The topological polar surface area (TPSA) is 4.93 Å². The zero-order valence-electron chi connectivity index (χ0n) is 64.1. The van der Waals surface area contributed by atoms with Crippen LogP contribution in [0.3, 0.4) is 0 Å². The van der Waals surface area contributed by atoms with Crippen LogP contribution in [0.15, 0.2) is 388 Å². The molecule has 5 aliphatic rings. The molecule has 3 atom stereocenters. The molecule has 0 saturated carbocycles. The first-order chi connectivity index (χ1) is 56.1. The minimum atomic E-state index is -0.149. The van der Waals surface area contributed by atoms with Gasteiger partial charge in [-0.25, -0.2) is 0 Å². The van der Waals surface area contributed by atoms with Gasteiger partial charge in [0.2, 0.25) is 0 Å². The highest BCUT2D eigenvalue weighted by Crippen LogP contribution is 2.61. The summed E-state index contributed by atoms with van der Waals surface area (Å²) in [6.07, 6.45) is 0. The van der Waals surface area contributed by atoms with Crippen molar-refractivity contribution in [2.45, 2.75) is 56.3 Å². The second-order valence-corrected chi connectivity index (χ2v) is 33.2. The summed E-state index contributed by atoms with van der Waals surface area (Å²) < 4.78 is 2.52. The van der Waals surface area contributed by atoms with Gasteiger partial charge in [0.05, 0.1) is 16.7 Å². The van der Waals surface area contributed by atoms with E-state index in [1.54, 1.807) is 0 Å². The summed E-state index contributed by atoms with van der Waals surface area (Å²) in [4.78, 5) is 0. The minimum absolute atomic E-state index is 0.0687. The van der Waals surface area contributed by atoms with Crippen LogP contribution in [0.1, 0.15) is 118 Å². The number of nitrogens with zero attached hydrogens (tertiary/aromatic N) is 1. The van der Waals surface area contributed by atoms with Crippen molar-refractivity contribution >= 4 is 43.4 Å². The molecule has 0 bridgehead atoms. The molecule has 0 amide bonds. The van der Waals surface area contributed by atoms with E-state index < -0.39 is 0 Å². The lowest BCUT2D eigenvalue weighted by Gasteiger charge is -2.22. The van der Waals surface area contributed by atoms with Crippen molar-refractivity contribution in [2.24, 2.45) is 0 Å². The van der Waals surface area contributed by atoms with Gasteiger partial charge in [0.25, 0.3) is 0 Å². The van der Waals surface area contributed by atoms with Gasteiger partial charge >= 0.3 is 0 Å². The van der Waals surface area contributed by atoms with Gasteiger partial charge in [0.15, 0.2) is 0 Å². The largest absolute Gasteiger partial charge is 0.309 e. The lowest BCUT2D eigenvalue weighted by Crippen LogP contribution is -2.15. The maximum atomic E-state index is 2.52. The Labute approximate surface area is 666 Å². The molecule has 18 aromatic carbocycles. The minimum Gasteiger partial charge on any atom is -0.309 e. The van der Waals surface area contributed by atoms with E-state index in [2.05, 4.69) is 421 Å². The summed E-state index contributed by atoms with van der Waals surface area (Å²) in [5.74, 6) is 0.519. The van der Waals surface area contributed by atoms with Gasteiger partial charge in [-0.1, -0.05) is 373 Å². The van der Waals surface area contributed by atoms with Crippen molar-refractivity contribution in [3.05, 3.63) is 461 Å².